The van der Waals surface area contributed by atoms with Crippen LogP contribution < -0.4 is 4.74 Å². The van der Waals surface area contributed by atoms with Gasteiger partial charge < -0.3 is 9.84 Å². The smallest absolute Gasteiger partial charge is 0.342 e. The highest BCUT2D eigenvalue weighted by Gasteiger charge is 2.20. The van der Waals surface area contributed by atoms with E-state index < -0.39 is 16.6 Å². The Morgan fingerprint density at radius 1 is 1.15 bits per heavy atom. The van der Waals surface area contributed by atoms with Gasteiger partial charge in [0.1, 0.15) is 17.1 Å². The molecule has 0 fully saturated rings. The summed E-state index contributed by atoms with van der Waals surface area (Å²) in [6.07, 6.45) is 0. The minimum absolute atomic E-state index is 0.198. The number of benzene rings is 2. The quantitative estimate of drug-likeness (QED) is 0.676. The minimum atomic E-state index is -1.35. The molecule has 2 rings (SSSR count). The van der Waals surface area contributed by atoms with Crippen molar-refractivity contribution < 1.29 is 19.6 Å². The molecule has 0 aliphatic rings. The van der Waals surface area contributed by atoms with E-state index in [1.165, 1.54) is 6.07 Å². The van der Waals surface area contributed by atoms with Crippen molar-refractivity contribution >= 4 is 27.6 Å². The Morgan fingerprint density at radius 3 is 2.30 bits per heavy atom. The van der Waals surface area contributed by atoms with E-state index >= 15 is 0 Å². The van der Waals surface area contributed by atoms with E-state index in [1.54, 1.807) is 24.3 Å². The summed E-state index contributed by atoms with van der Waals surface area (Å²) in [5.74, 6) is -0.665. The standard InChI is InChI=1S/C13H8BrNO5/c14-8-1-3-9(4-2-8)20-10-5-6-11(13(16)17)12(7-10)15(18)19/h1-7H,(H,16,17). The third kappa shape index (κ3) is 3.12. The van der Waals surface area contributed by atoms with Gasteiger partial charge in [0.25, 0.3) is 5.69 Å². The second-order valence-electron chi connectivity index (χ2n) is 3.80. The molecule has 0 unspecified atom stereocenters. The number of carboxylic acids is 1. The molecule has 0 aromatic heterocycles. The van der Waals surface area contributed by atoms with Crippen LogP contribution in [0, 0.1) is 10.1 Å². The maximum Gasteiger partial charge on any atom is 0.342 e. The van der Waals surface area contributed by atoms with Crippen LogP contribution in [-0.4, -0.2) is 16.0 Å². The number of hydrogen-bond donors (Lipinski definition) is 1. The number of nitro benzene ring substituents is 1. The van der Waals surface area contributed by atoms with Crippen molar-refractivity contribution in [2.75, 3.05) is 0 Å². The summed E-state index contributed by atoms with van der Waals surface area (Å²) in [5.41, 5.74) is -0.884. The fraction of sp³-hybridized carbons (Fsp3) is 0. The number of rotatable bonds is 4. The monoisotopic (exact) mass is 337 g/mol. The number of ether oxygens (including phenoxy) is 1. The fourth-order valence-electron chi connectivity index (χ4n) is 1.55. The molecular weight excluding hydrogens is 330 g/mol. The van der Waals surface area contributed by atoms with Crippen molar-refractivity contribution in [1.82, 2.24) is 0 Å². The average Bonchev–Trinajstić information content (AvgIpc) is 2.41. The van der Waals surface area contributed by atoms with Gasteiger partial charge in [0.15, 0.2) is 0 Å². The van der Waals surface area contributed by atoms with E-state index in [-0.39, 0.29) is 11.3 Å². The van der Waals surface area contributed by atoms with Crippen LogP contribution in [0.4, 0.5) is 5.69 Å². The summed E-state index contributed by atoms with van der Waals surface area (Å²) in [4.78, 5) is 21.0. The van der Waals surface area contributed by atoms with Gasteiger partial charge in [-0.2, -0.15) is 0 Å². The van der Waals surface area contributed by atoms with Gasteiger partial charge in [-0.15, -0.1) is 0 Å². The van der Waals surface area contributed by atoms with Crippen LogP contribution in [0.15, 0.2) is 46.9 Å². The summed E-state index contributed by atoms with van der Waals surface area (Å²) in [7, 11) is 0. The molecule has 0 saturated heterocycles. The predicted molar refractivity (Wildman–Crippen MR) is 74.3 cm³/mol. The van der Waals surface area contributed by atoms with Crippen molar-refractivity contribution in [3.05, 3.63) is 62.6 Å². The number of aromatic carboxylic acids is 1. The van der Waals surface area contributed by atoms with E-state index in [1.807, 2.05) is 0 Å². The Labute approximate surface area is 121 Å². The molecule has 0 saturated carbocycles. The first kappa shape index (κ1) is 14.0. The third-order valence-electron chi connectivity index (χ3n) is 2.45. The van der Waals surface area contributed by atoms with Gasteiger partial charge in [-0.1, -0.05) is 15.9 Å². The Hall–Kier alpha value is -2.41. The fourth-order valence-corrected chi connectivity index (χ4v) is 1.81. The van der Waals surface area contributed by atoms with Crippen LogP contribution in [0.2, 0.25) is 0 Å². The predicted octanol–water partition coefficient (Wildman–Crippen LogP) is 3.85. The summed E-state index contributed by atoms with van der Waals surface area (Å²) >= 11 is 3.28. The van der Waals surface area contributed by atoms with Gasteiger partial charge in [0, 0.05) is 4.47 Å². The SMILES string of the molecule is O=C(O)c1ccc(Oc2ccc(Br)cc2)cc1[N+](=O)[O-]. The van der Waals surface area contributed by atoms with E-state index in [0.717, 1.165) is 16.6 Å². The molecule has 2 aromatic carbocycles. The summed E-state index contributed by atoms with van der Waals surface area (Å²) in [6.45, 7) is 0. The van der Waals surface area contributed by atoms with E-state index in [9.17, 15) is 14.9 Å². The number of halogens is 1. The molecule has 7 heteroatoms. The molecule has 0 amide bonds. The normalized spacial score (nSPS) is 10.1. The van der Waals surface area contributed by atoms with Crippen LogP contribution >= 0.6 is 15.9 Å². The Bertz CT molecular complexity index is 669. The first-order valence-corrected chi connectivity index (χ1v) is 6.22. The number of hydrogen-bond acceptors (Lipinski definition) is 4. The highest BCUT2D eigenvalue weighted by molar-refractivity contribution is 9.10. The van der Waals surface area contributed by atoms with E-state index in [0.29, 0.717) is 5.75 Å². The average molecular weight is 338 g/mol. The molecule has 102 valence electrons. The van der Waals surface area contributed by atoms with Gasteiger partial charge in [-0.25, -0.2) is 4.79 Å². The lowest BCUT2D eigenvalue weighted by atomic mass is 10.2. The molecule has 0 spiro atoms. The van der Waals surface area contributed by atoms with Crippen molar-refractivity contribution in [1.29, 1.82) is 0 Å². The summed E-state index contributed by atoms with van der Waals surface area (Å²) in [5, 5.41) is 19.7. The van der Waals surface area contributed by atoms with Gasteiger partial charge >= 0.3 is 5.97 Å². The third-order valence-corrected chi connectivity index (χ3v) is 2.97. The number of nitro groups is 1. The van der Waals surface area contributed by atoms with Crippen molar-refractivity contribution in [3.63, 3.8) is 0 Å². The van der Waals surface area contributed by atoms with Gasteiger partial charge in [-0.3, -0.25) is 10.1 Å². The lowest BCUT2D eigenvalue weighted by Crippen LogP contribution is -2.02. The topological polar surface area (TPSA) is 89.7 Å². The van der Waals surface area contributed by atoms with Crippen LogP contribution in [0.5, 0.6) is 11.5 Å². The first-order valence-electron chi connectivity index (χ1n) is 5.42. The molecule has 0 aliphatic carbocycles. The van der Waals surface area contributed by atoms with E-state index in [4.69, 9.17) is 9.84 Å². The van der Waals surface area contributed by atoms with Gasteiger partial charge in [0.2, 0.25) is 0 Å². The highest BCUT2D eigenvalue weighted by atomic mass is 79.9. The van der Waals surface area contributed by atoms with Crippen molar-refractivity contribution in [2.45, 2.75) is 0 Å². The number of carbonyl (C=O) groups is 1. The van der Waals surface area contributed by atoms with Crippen LogP contribution in [0.1, 0.15) is 10.4 Å². The highest BCUT2D eigenvalue weighted by Crippen LogP contribution is 2.29. The van der Waals surface area contributed by atoms with Crippen molar-refractivity contribution in [2.24, 2.45) is 0 Å². The molecule has 2 aromatic rings. The second kappa shape index (κ2) is 5.70. The molecule has 1 N–H and O–H groups in total. The van der Waals surface area contributed by atoms with Crippen LogP contribution in [0.25, 0.3) is 0 Å². The Kier molecular flexibility index (Phi) is 3.99. The first-order chi connectivity index (χ1) is 9.47. The number of nitrogens with zero attached hydrogens (tertiary/aromatic N) is 1. The molecule has 0 bridgehead atoms. The zero-order valence-electron chi connectivity index (χ0n) is 9.95. The lowest BCUT2D eigenvalue weighted by molar-refractivity contribution is -0.385. The van der Waals surface area contributed by atoms with Gasteiger partial charge in [0.05, 0.1) is 11.0 Å². The van der Waals surface area contributed by atoms with Crippen LogP contribution in [0.3, 0.4) is 0 Å². The maximum atomic E-state index is 10.9. The lowest BCUT2D eigenvalue weighted by Gasteiger charge is -2.06. The minimum Gasteiger partial charge on any atom is -0.477 e. The molecule has 0 radical (unpaired) electrons. The zero-order chi connectivity index (χ0) is 14.7. The van der Waals surface area contributed by atoms with Gasteiger partial charge in [-0.05, 0) is 36.4 Å². The molecule has 20 heavy (non-hydrogen) atoms. The van der Waals surface area contributed by atoms with E-state index in [2.05, 4.69) is 15.9 Å². The molecule has 0 heterocycles. The summed E-state index contributed by atoms with van der Waals surface area (Å²) < 4.78 is 6.31. The molecule has 0 aliphatic heterocycles. The molecular formula is C13H8BrNO5. The second-order valence-corrected chi connectivity index (χ2v) is 4.71. The Morgan fingerprint density at radius 2 is 1.75 bits per heavy atom. The number of carboxylic acid groups (broad SMARTS) is 1. The maximum absolute atomic E-state index is 10.9. The molecule has 0 atom stereocenters. The zero-order valence-corrected chi connectivity index (χ0v) is 11.5. The van der Waals surface area contributed by atoms with Crippen LogP contribution in [-0.2, 0) is 0 Å². The molecule has 6 nitrogen and oxygen atoms in total. The largest absolute Gasteiger partial charge is 0.477 e. The van der Waals surface area contributed by atoms with Crippen molar-refractivity contribution in [3.8, 4) is 11.5 Å². The Balaban J connectivity index is 2.34. The summed E-state index contributed by atoms with van der Waals surface area (Å²) in [6, 6.07) is 10.5.